The van der Waals surface area contributed by atoms with E-state index in [1.165, 1.54) is 0 Å². The first-order chi connectivity index (χ1) is 13.1. The van der Waals surface area contributed by atoms with Gasteiger partial charge in [-0.05, 0) is 42.5 Å². The Balaban J connectivity index is 1.93. The van der Waals surface area contributed by atoms with Crippen LogP contribution in [-0.4, -0.2) is 30.2 Å². The maximum absolute atomic E-state index is 12.3. The number of carbonyl (C=O) groups excluding carboxylic acids is 1. The van der Waals surface area contributed by atoms with Crippen LogP contribution in [0.4, 0.5) is 0 Å². The Bertz CT molecular complexity index is 1220. The second kappa shape index (κ2) is 6.26. The van der Waals surface area contributed by atoms with Crippen molar-refractivity contribution in [2.75, 3.05) is 0 Å². The first-order valence-corrected chi connectivity index (χ1v) is 9.47. The maximum atomic E-state index is 12.3. The average molecular weight is 375 g/mol. The van der Waals surface area contributed by atoms with E-state index in [1.54, 1.807) is 11.4 Å². The van der Waals surface area contributed by atoms with Gasteiger partial charge >= 0.3 is 0 Å². The van der Waals surface area contributed by atoms with E-state index in [2.05, 4.69) is 48.9 Å². The number of benzene rings is 1. The van der Waals surface area contributed by atoms with Crippen LogP contribution in [0, 0.1) is 19.3 Å². The summed E-state index contributed by atoms with van der Waals surface area (Å²) in [4.78, 5) is 16.8. The van der Waals surface area contributed by atoms with E-state index in [4.69, 9.17) is 0 Å². The molecule has 0 amide bonds. The lowest BCUT2D eigenvalue weighted by atomic mass is 9.96. The van der Waals surface area contributed by atoms with Crippen LogP contribution in [0.5, 0.6) is 0 Å². The number of fused-ring (bicyclic) bond motifs is 2. The number of nitrogens with zero attached hydrogens (tertiary/aromatic N) is 5. The molecule has 4 rings (SSSR count). The van der Waals surface area contributed by atoms with Gasteiger partial charge < -0.3 is 0 Å². The van der Waals surface area contributed by atoms with Crippen molar-refractivity contribution in [3.8, 4) is 11.1 Å². The molecule has 0 radical (unpaired) electrons. The largest absolute Gasteiger partial charge is 0.293 e. The molecule has 6 nitrogen and oxygen atoms in total. The van der Waals surface area contributed by atoms with Gasteiger partial charge in [-0.2, -0.15) is 10.2 Å². The molecule has 0 aliphatic rings. The van der Waals surface area contributed by atoms with Crippen LogP contribution in [0.2, 0.25) is 0 Å². The van der Waals surface area contributed by atoms with E-state index < -0.39 is 0 Å². The molecule has 0 saturated heterocycles. The summed E-state index contributed by atoms with van der Waals surface area (Å²) >= 11 is 0. The molecule has 1 aromatic carbocycles. The fourth-order valence-electron chi connectivity index (χ4n) is 3.66. The van der Waals surface area contributed by atoms with E-state index in [1.807, 2.05) is 36.1 Å². The molecule has 0 aliphatic heterocycles. The Kier molecular flexibility index (Phi) is 4.10. The number of Topliss-reactive ketones (excluding diaryl/α,β-unsaturated/α-hetero) is 1. The number of aryl methyl sites for hydroxylation is 2. The van der Waals surface area contributed by atoms with Crippen molar-refractivity contribution in [3.05, 3.63) is 47.5 Å². The molecule has 3 heterocycles. The van der Waals surface area contributed by atoms with E-state index in [9.17, 15) is 4.79 Å². The van der Waals surface area contributed by atoms with E-state index >= 15 is 0 Å². The standard InChI is InChI=1S/C22H25N5O/c1-13-7-16(17-10-23-19-8-14(2)24-26(19)11-17)9-18-20(15(3)28)25-27(21(13)18)12-22(4,5)6/h7-11H,12H2,1-6H3. The number of carbonyl (C=O) groups is 1. The molecule has 0 atom stereocenters. The molecule has 144 valence electrons. The van der Waals surface area contributed by atoms with Crippen molar-refractivity contribution >= 4 is 22.3 Å². The predicted molar refractivity (Wildman–Crippen MR) is 111 cm³/mol. The zero-order valence-corrected chi connectivity index (χ0v) is 17.2. The summed E-state index contributed by atoms with van der Waals surface area (Å²) in [5.41, 5.74) is 6.41. The van der Waals surface area contributed by atoms with Crippen LogP contribution in [0.25, 0.3) is 27.7 Å². The van der Waals surface area contributed by atoms with Crippen molar-refractivity contribution in [2.24, 2.45) is 5.41 Å². The fraction of sp³-hybridized carbons (Fsp3) is 0.364. The summed E-state index contributed by atoms with van der Waals surface area (Å²) in [7, 11) is 0. The number of rotatable bonds is 3. The minimum absolute atomic E-state index is 0.0227. The summed E-state index contributed by atoms with van der Waals surface area (Å²) < 4.78 is 3.77. The number of hydrogen-bond acceptors (Lipinski definition) is 4. The highest BCUT2D eigenvalue weighted by molar-refractivity contribution is 6.06. The second-order valence-corrected chi connectivity index (χ2v) is 8.74. The Morgan fingerprint density at radius 1 is 1.07 bits per heavy atom. The van der Waals surface area contributed by atoms with Gasteiger partial charge in [-0.15, -0.1) is 0 Å². The zero-order valence-electron chi connectivity index (χ0n) is 17.2. The first kappa shape index (κ1) is 18.3. The highest BCUT2D eigenvalue weighted by Gasteiger charge is 2.21. The van der Waals surface area contributed by atoms with Crippen molar-refractivity contribution in [2.45, 2.75) is 48.1 Å². The Morgan fingerprint density at radius 2 is 1.82 bits per heavy atom. The van der Waals surface area contributed by atoms with Gasteiger partial charge in [0.25, 0.3) is 0 Å². The molecule has 0 spiro atoms. The summed E-state index contributed by atoms with van der Waals surface area (Å²) in [5, 5.41) is 10.0. The highest BCUT2D eigenvalue weighted by atomic mass is 16.1. The Labute approximate surface area is 164 Å². The molecule has 6 heteroatoms. The highest BCUT2D eigenvalue weighted by Crippen LogP contribution is 2.31. The van der Waals surface area contributed by atoms with Crippen LogP contribution < -0.4 is 0 Å². The molecule has 3 aromatic heterocycles. The fourth-order valence-corrected chi connectivity index (χ4v) is 3.66. The van der Waals surface area contributed by atoms with Crippen molar-refractivity contribution < 1.29 is 4.79 Å². The first-order valence-electron chi connectivity index (χ1n) is 9.47. The lowest BCUT2D eigenvalue weighted by Gasteiger charge is -2.19. The summed E-state index contributed by atoms with van der Waals surface area (Å²) in [6, 6.07) is 6.12. The SMILES string of the molecule is CC(=O)c1nn(CC(C)(C)C)c2c(C)cc(-c3cnc4cc(C)nn4c3)cc12. The number of hydrogen-bond donors (Lipinski definition) is 0. The van der Waals surface area contributed by atoms with E-state index in [0.717, 1.165) is 45.5 Å². The van der Waals surface area contributed by atoms with E-state index in [-0.39, 0.29) is 11.2 Å². The molecule has 0 bridgehead atoms. The minimum atomic E-state index is -0.0227. The van der Waals surface area contributed by atoms with E-state index in [0.29, 0.717) is 5.69 Å². The van der Waals surface area contributed by atoms with Crippen molar-refractivity contribution in [3.63, 3.8) is 0 Å². The summed E-state index contributed by atoms with van der Waals surface area (Å²) in [6.07, 6.45) is 3.83. The molecule has 0 fully saturated rings. The molecule has 0 N–H and O–H groups in total. The van der Waals surface area contributed by atoms with Gasteiger partial charge in [-0.3, -0.25) is 9.48 Å². The molecule has 0 aliphatic carbocycles. The minimum Gasteiger partial charge on any atom is -0.293 e. The molecule has 4 aromatic rings. The summed E-state index contributed by atoms with van der Waals surface area (Å²) in [6.45, 7) is 12.9. The van der Waals surface area contributed by atoms with Gasteiger partial charge in [0.2, 0.25) is 0 Å². The van der Waals surface area contributed by atoms with Gasteiger partial charge in [0.05, 0.1) is 11.2 Å². The third-order valence-corrected chi connectivity index (χ3v) is 4.76. The smallest absolute Gasteiger partial charge is 0.180 e. The third-order valence-electron chi connectivity index (χ3n) is 4.76. The van der Waals surface area contributed by atoms with Crippen LogP contribution in [0.1, 0.15) is 49.4 Å². The van der Waals surface area contributed by atoms with Crippen LogP contribution in [-0.2, 0) is 6.54 Å². The molecule has 28 heavy (non-hydrogen) atoms. The van der Waals surface area contributed by atoms with Gasteiger partial charge in [0.1, 0.15) is 5.69 Å². The zero-order chi connectivity index (χ0) is 20.2. The monoisotopic (exact) mass is 375 g/mol. The predicted octanol–water partition coefficient (Wildman–Crippen LogP) is 4.61. The van der Waals surface area contributed by atoms with Gasteiger partial charge in [0.15, 0.2) is 11.4 Å². The summed E-state index contributed by atoms with van der Waals surface area (Å²) in [5.74, 6) is -0.0227. The third kappa shape index (κ3) is 3.19. The molecule has 0 unspecified atom stereocenters. The second-order valence-electron chi connectivity index (χ2n) is 8.74. The van der Waals surface area contributed by atoms with Crippen LogP contribution in [0.15, 0.2) is 30.6 Å². The van der Waals surface area contributed by atoms with Crippen molar-refractivity contribution in [1.29, 1.82) is 0 Å². The number of aromatic nitrogens is 5. The number of ketones is 1. The van der Waals surface area contributed by atoms with Gasteiger partial charge in [0, 0.05) is 42.9 Å². The lowest BCUT2D eigenvalue weighted by Crippen LogP contribution is -2.17. The normalized spacial score (nSPS) is 12.2. The van der Waals surface area contributed by atoms with Gasteiger partial charge in [-0.25, -0.2) is 9.50 Å². The average Bonchev–Trinajstić information content (AvgIpc) is 3.12. The lowest BCUT2D eigenvalue weighted by molar-refractivity contribution is 0.101. The quantitative estimate of drug-likeness (QED) is 0.491. The van der Waals surface area contributed by atoms with Crippen molar-refractivity contribution in [1.82, 2.24) is 24.4 Å². The van der Waals surface area contributed by atoms with Crippen LogP contribution in [0.3, 0.4) is 0 Å². The molecular weight excluding hydrogens is 350 g/mol. The Hall–Kier alpha value is -3.02. The van der Waals surface area contributed by atoms with Gasteiger partial charge in [-0.1, -0.05) is 20.8 Å². The topological polar surface area (TPSA) is 65.1 Å². The Morgan fingerprint density at radius 3 is 2.50 bits per heavy atom. The van der Waals surface area contributed by atoms with Crippen LogP contribution >= 0.6 is 0 Å². The maximum Gasteiger partial charge on any atom is 0.180 e. The molecule has 0 saturated carbocycles. The molecular formula is C22H25N5O.